The van der Waals surface area contributed by atoms with Crippen LogP contribution in [0.15, 0.2) is 60.2 Å². The van der Waals surface area contributed by atoms with Crippen molar-refractivity contribution in [1.29, 1.82) is 0 Å². The molecular weight excluding hydrogens is 372 g/mol. The second-order valence-corrected chi connectivity index (χ2v) is 8.46. The summed E-state index contributed by atoms with van der Waals surface area (Å²) in [6.07, 6.45) is 8.73. The van der Waals surface area contributed by atoms with Crippen LogP contribution in [0.25, 0.3) is 0 Å². The minimum atomic E-state index is 0.0225. The molecule has 158 valence electrons. The van der Waals surface area contributed by atoms with E-state index in [0.29, 0.717) is 13.0 Å². The number of allylic oxidation sites excluding steroid dienone is 1. The number of nitrogens with one attached hydrogen (secondary N) is 1. The lowest BCUT2D eigenvalue weighted by molar-refractivity contribution is -0.121. The van der Waals surface area contributed by atoms with Crippen molar-refractivity contribution in [2.45, 2.75) is 58.0 Å². The van der Waals surface area contributed by atoms with Gasteiger partial charge in [-0.3, -0.25) is 4.79 Å². The van der Waals surface area contributed by atoms with Gasteiger partial charge in [-0.1, -0.05) is 48.0 Å². The van der Waals surface area contributed by atoms with E-state index in [9.17, 15) is 4.79 Å². The molecule has 0 saturated heterocycles. The van der Waals surface area contributed by atoms with Crippen molar-refractivity contribution in [3.05, 3.63) is 71.3 Å². The summed E-state index contributed by atoms with van der Waals surface area (Å²) in [6, 6.07) is 16.8. The van der Waals surface area contributed by atoms with Gasteiger partial charge in [-0.15, -0.1) is 0 Å². The standard InChI is InChI=1S/C26H32N2O2/c1-20-12-13-24-25(16-20)30-19-23(28(24)18-22-10-6-3-7-11-22)17-26(29)27-15-14-21-8-4-2-5-9-21/h3,6-8,10-13,16,23H,2,4-5,9,14-15,17-19H2,1H3,(H,27,29)/t23-/m1/s1. The number of carbonyl (C=O) groups is 1. The summed E-state index contributed by atoms with van der Waals surface area (Å²) < 4.78 is 6.05. The maximum atomic E-state index is 12.7. The van der Waals surface area contributed by atoms with Gasteiger partial charge in [0.05, 0.1) is 18.2 Å². The molecule has 0 bridgehead atoms. The molecule has 4 rings (SSSR count). The van der Waals surface area contributed by atoms with Gasteiger partial charge in [0.15, 0.2) is 0 Å². The van der Waals surface area contributed by atoms with Crippen molar-refractivity contribution in [3.8, 4) is 5.75 Å². The minimum absolute atomic E-state index is 0.0225. The molecule has 1 atom stereocenters. The Hall–Kier alpha value is -2.75. The van der Waals surface area contributed by atoms with Crippen LogP contribution in [0.3, 0.4) is 0 Å². The molecule has 2 aliphatic rings. The SMILES string of the molecule is Cc1ccc2c(c1)OC[C@@H](CC(=O)NCCC1=CCCCC1)N2Cc1ccccc1. The van der Waals surface area contributed by atoms with Gasteiger partial charge in [0.25, 0.3) is 0 Å². The van der Waals surface area contributed by atoms with E-state index in [-0.39, 0.29) is 11.9 Å². The Bertz CT molecular complexity index is 891. The quantitative estimate of drug-likeness (QED) is 0.648. The Morgan fingerprint density at radius 3 is 2.83 bits per heavy atom. The molecule has 1 heterocycles. The zero-order chi connectivity index (χ0) is 20.8. The monoisotopic (exact) mass is 404 g/mol. The number of hydrogen-bond acceptors (Lipinski definition) is 3. The summed E-state index contributed by atoms with van der Waals surface area (Å²) in [5.74, 6) is 1.01. The highest BCUT2D eigenvalue weighted by Crippen LogP contribution is 2.36. The van der Waals surface area contributed by atoms with E-state index in [2.05, 4.69) is 65.7 Å². The molecule has 0 spiro atoms. The van der Waals surface area contributed by atoms with Gasteiger partial charge in [0.1, 0.15) is 12.4 Å². The van der Waals surface area contributed by atoms with E-state index >= 15 is 0 Å². The molecule has 2 aromatic carbocycles. The van der Waals surface area contributed by atoms with Gasteiger partial charge in [0, 0.05) is 13.1 Å². The van der Waals surface area contributed by atoms with E-state index in [1.165, 1.54) is 42.4 Å². The minimum Gasteiger partial charge on any atom is -0.489 e. The van der Waals surface area contributed by atoms with Crippen molar-refractivity contribution < 1.29 is 9.53 Å². The first-order chi connectivity index (χ1) is 14.7. The molecule has 0 unspecified atom stereocenters. The normalized spacial score (nSPS) is 18.2. The fraction of sp³-hybridized carbons (Fsp3) is 0.423. The first-order valence-electron chi connectivity index (χ1n) is 11.2. The Morgan fingerprint density at radius 2 is 2.03 bits per heavy atom. The van der Waals surface area contributed by atoms with Gasteiger partial charge >= 0.3 is 0 Å². The average molecular weight is 405 g/mol. The number of rotatable bonds is 7. The van der Waals surface area contributed by atoms with Crippen LogP contribution in [0.4, 0.5) is 5.69 Å². The molecular formula is C26H32N2O2. The van der Waals surface area contributed by atoms with E-state index in [1.807, 2.05) is 6.07 Å². The van der Waals surface area contributed by atoms with Gasteiger partial charge in [-0.2, -0.15) is 0 Å². The molecule has 1 amide bonds. The molecule has 0 fully saturated rings. The molecule has 0 saturated carbocycles. The predicted octanol–water partition coefficient (Wildman–Crippen LogP) is 5.16. The summed E-state index contributed by atoms with van der Waals surface area (Å²) >= 11 is 0. The second kappa shape index (κ2) is 9.84. The number of anilines is 1. The Balaban J connectivity index is 1.41. The number of ether oxygens (including phenoxy) is 1. The van der Waals surface area contributed by atoms with E-state index in [4.69, 9.17) is 4.74 Å². The highest BCUT2D eigenvalue weighted by Gasteiger charge is 2.29. The van der Waals surface area contributed by atoms with Crippen LogP contribution < -0.4 is 15.0 Å². The molecule has 1 N–H and O–H groups in total. The van der Waals surface area contributed by atoms with Crippen LogP contribution in [-0.4, -0.2) is 25.1 Å². The largest absolute Gasteiger partial charge is 0.489 e. The summed E-state index contributed by atoms with van der Waals surface area (Å²) in [5.41, 5.74) is 4.99. The van der Waals surface area contributed by atoms with Gasteiger partial charge < -0.3 is 15.0 Å². The molecule has 4 nitrogen and oxygen atoms in total. The van der Waals surface area contributed by atoms with Crippen LogP contribution in [0.2, 0.25) is 0 Å². The highest BCUT2D eigenvalue weighted by atomic mass is 16.5. The Morgan fingerprint density at radius 1 is 1.17 bits per heavy atom. The number of benzene rings is 2. The van der Waals surface area contributed by atoms with Crippen LogP contribution >= 0.6 is 0 Å². The smallest absolute Gasteiger partial charge is 0.222 e. The third-order valence-corrected chi connectivity index (χ3v) is 6.07. The topological polar surface area (TPSA) is 41.6 Å². The van der Waals surface area contributed by atoms with Crippen molar-refractivity contribution in [1.82, 2.24) is 5.32 Å². The van der Waals surface area contributed by atoms with Crippen molar-refractivity contribution in [3.63, 3.8) is 0 Å². The molecule has 0 radical (unpaired) electrons. The molecule has 30 heavy (non-hydrogen) atoms. The molecule has 0 aromatic heterocycles. The third kappa shape index (κ3) is 5.24. The fourth-order valence-corrected chi connectivity index (χ4v) is 4.39. The van der Waals surface area contributed by atoms with E-state index < -0.39 is 0 Å². The Labute approximate surface area is 179 Å². The maximum absolute atomic E-state index is 12.7. The average Bonchev–Trinajstić information content (AvgIpc) is 2.77. The first kappa shape index (κ1) is 20.5. The van der Waals surface area contributed by atoms with Crippen LogP contribution in [0.5, 0.6) is 5.75 Å². The van der Waals surface area contributed by atoms with E-state index in [0.717, 1.165) is 30.9 Å². The van der Waals surface area contributed by atoms with Gasteiger partial charge in [-0.25, -0.2) is 0 Å². The maximum Gasteiger partial charge on any atom is 0.222 e. The first-order valence-corrected chi connectivity index (χ1v) is 11.2. The second-order valence-electron chi connectivity index (χ2n) is 8.46. The third-order valence-electron chi connectivity index (χ3n) is 6.07. The van der Waals surface area contributed by atoms with Crippen molar-refractivity contribution >= 4 is 11.6 Å². The number of carbonyl (C=O) groups excluding carboxylic acids is 1. The molecule has 2 aromatic rings. The summed E-state index contributed by atoms with van der Waals surface area (Å²) in [6.45, 7) is 4.10. The predicted molar refractivity (Wildman–Crippen MR) is 122 cm³/mol. The van der Waals surface area contributed by atoms with Crippen LogP contribution in [0.1, 0.15) is 49.7 Å². The molecule has 4 heteroatoms. The highest BCUT2D eigenvalue weighted by molar-refractivity contribution is 5.77. The fourth-order valence-electron chi connectivity index (χ4n) is 4.39. The lowest BCUT2D eigenvalue weighted by Crippen LogP contribution is -2.45. The van der Waals surface area contributed by atoms with Gasteiger partial charge in [-0.05, 0) is 62.3 Å². The van der Waals surface area contributed by atoms with Gasteiger partial charge in [0.2, 0.25) is 5.91 Å². The number of hydrogen-bond donors (Lipinski definition) is 1. The number of aryl methyl sites for hydroxylation is 1. The van der Waals surface area contributed by atoms with Crippen LogP contribution in [-0.2, 0) is 11.3 Å². The summed E-state index contributed by atoms with van der Waals surface area (Å²) in [4.78, 5) is 15.0. The zero-order valence-electron chi connectivity index (χ0n) is 17.9. The lowest BCUT2D eigenvalue weighted by Gasteiger charge is -2.38. The van der Waals surface area contributed by atoms with Crippen molar-refractivity contribution in [2.24, 2.45) is 0 Å². The summed E-state index contributed by atoms with van der Waals surface area (Å²) in [5, 5.41) is 3.13. The lowest BCUT2D eigenvalue weighted by atomic mass is 9.97. The molecule has 1 aliphatic heterocycles. The van der Waals surface area contributed by atoms with E-state index in [1.54, 1.807) is 0 Å². The number of amides is 1. The summed E-state index contributed by atoms with van der Waals surface area (Å²) in [7, 11) is 0. The van der Waals surface area contributed by atoms with Crippen molar-refractivity contribution in [2.75, 3.05) is 18.1 Å². The number of fused-ring (bicyclic) bond motifs is 1. The zero-order valence-corrected chi connectivity index (χ0v) is 17.9. The number of nitrogens with zero attached hydrogens (tertiary/aromatic N) is 1. The Kier molecular flexibility index (Phi) is 6.73. The molecule has 1 aliphatic carbocycles. The van der Waals surface area contributed by atoms with Crippen LogP contribution in [0, 0.1) is 6.92 Å².